The van der Waals surface area contributed by atoms with E-state index in [0.29, 0.717) is 19.1 Å². The van der Waals surface area contributed by atoms with Gasteiger partial charge in [0, 0.05) is 37.5 Å². The van der Waals surface area contributed by atoms with Crippen LogP contribution in [0.1, 0.15) is 31.2 Å². The molecule has 10 heteroatoms. The lowest BCUT2D eigenvalue weighted by Gasteiger charge is -2.36. The molecule has 1 atom stereocenters. The first-order chi connectivity index (χ1) is 16.4. The van der Waals surface area contributed by atoms with Gasteiger partial charge in [-0.3, -0.25) is 4.79 Å². The van der Waals surface area contributed by atoms with Crippen LogP contribution in [-0.2, 0) is 11.3 Å². The number of benzene rings is 1. The number of anilines is 3. The van der Waals surface area contributed by atoms with E-state index < -0.39 is 0 Å². The maximum absolute atomic E-state index is 12.0. The highest BCUT2D eigenvalue weighted by Gasteiger charge is 2.24. The average molecular weight is 530 g/mol. The minimum atomic E-state index is -0.0379. The zero-order valence-corrected chi connectivity index (χ0v) is 21.3. The van der Waals surface area contributed by atoms with Crippen molar-refractivity contribution in [3.63, 3.8) is 0 Å². The first-order valence-corrected chi connectivity index (χ1v) is 12.4. The van der Waals surface area contributed by atoms with E-state index in [9.17, 15) is 9.90 Å². The number of aromatic nitrogens is 3. The van der Waals surface area contributed by atoms with Gasteiger partial charge in [-0.15, -0.1) is 0 Å². The number of carbonyl (C=O) groups excluding carboxylic acids is 1. The smallest absolute Gasteiger partial charge is 0.238 e. The van der Waals surface area contributed by atoms with Crippen molar-refractivity contribution in [3.8, 4) is 0 Å². The Morgan fingerprint density at radius 1 is 1.26 bits per heavy atom. The number of hydrogen-bond donors (Lipinski definition) is 3. The van der Waals surface area contributed by atoms with E-state index in [2.05, 4.69) is 36.6 Å². The fourth-order valence-electron chi connectivity index (χ4n) is 4.33. The van der Waals surface area contributed by atoms with Gasteiger partial charge in [-0.25, -0.2) is 4.98 Å². The Hall–Kier alpha value is -2.69. The van der Waals surface area contributed by atoms with Crippen LogP contribution >= 0.6 is 15.9 Å². The van der Waals surface area contributed by atoms with E-state index in [-0.39, 0.29) is 12.5 Å². The quantitative estimate of drug-likeness (QED) is 0.391. The first kappa shape index (κ1) is 24.4. The van der Waals surface area contributed by atoms with E-state index >= 15 is 0 Å². The van der Waals surface area contributed by atoms with Crippen molar-refractivity contribution in [3.05, 3.63) is 46.6 Å². The van der Waals surface area contributed by atoms with Crippen LogP contribution in [-0.4, -0.2) is 70.3 Å². The van der Waals surface area contributed by atoms with E-state index in [1.165, 1.54) is 6.42 Å². The Bertz CT molecular complexity index is 1110. The lowest BCUT2D eigenvalue weighted by Crippen LogP contribution is -2.40. The number of carbonyl (C=O) groups is 1. The standard InChI is InChI=1S/C24H32BrN7O2/c1-30(2)16-23(34)28-18-8-6-17(7-9-18)14-26-21-13-22(29-24-20(25)15-27-32(21)24)31-11-4-3-5-19(31)10-12-33/h6-9,13,15,19,26,33H,3-5,10-12,14,16H2,1-2H3,(H,28,34)/t19-/m0/s1. The minimum absolute atomic E-state index is 0.0379. The number of nitrogens with one attached hydrogen (secondary N) is 2. The Kier molecular flexibility index (Phi) is 8.02. The molecule has 0 radical (unpaired) electrons. The van der Waals surface area contributed by atoms with Crippen molar-refractivity contribution < 1.29 is 9.90 Å². The Morgan fingerprint density at radius 2 is 2.06 bits per heavy atom. The summed E-state index contributed by atoms with van der Waals surface area (Å²) >= 11 is 3.57. The number of nitrogens with zero attached hydrogens (tertiary/aromatic N) is 5. The molecule has 9 nitrogen and oxygen atoms in total. The first-order valence-electron chi connectivity index (χ1n) is 11.6. The minimum Gasteiger partial charge on any atom is -0.396 e. The van der Waals surface area contributed by atoms with Crippen LogP contribution < -0.4 is 15.5 Å². The van der Waals surface area contributed by atoms with Crippen LogP contribution in [0, 0.1) is 0 Å². The molecular formula is C24H32BrN7O2. The number of fused-ring (bicyclic) bond motifs is 1. The molecule has 2 aromatic heterocycles. The van der Waals surface area contributed by atoms with Crippen molar-refractivity contribution in [1.82, 2.24) is 19.5 Å². The highest BCUT2D eigenvalue weighted by atomic mass is 79.9. The van der Waals surface area contributed by atoms with Crippen molar-refractivity contribution >= 4 is 44.8 Å². The van der Waals surface area contributed by atoms with Crippen LogP contribution in [0.15, 0.2) is 41.0 Å². The molecule has 1 aromatic carbocycles. The Labute approximate surface area is 208 Å². The summed E-state index contributed by atoms with van der Waals surface area (Å²) in [5.41, 5.74) is 2.62. The van der Waals surface area contributed by atoms with Gasteiger partial charge >= 0.3 is 0 Å². The molecule has 182 valence electrons. The summed E-state index contributed by atoms with van der Waals surface area (Å²) in [6, 6.07) is 10.2. The van der Waals surface area contributed by atoms with Gasteiger partial charge < -0.3 is 25.5 Å². The molecule has 1 amide bonds. The molecule has 3 heterocycles. The SMILES string of the molecule is CN(C)CC(=O)Nc1ccc(CNc2cc(N3CCCC[C@H]3CCO)nc3c(Br)cnn23)cc1. The number of rotatable bonds is 9. The zero-order chi connectivity index (χ0) is 24.1. The summed E-state index contributed by atoms with van der Waals surface area (Å²) in [6.07, 6.45) is 5.86. The van der Waals surface area contributed by atoms with Gasteiger partial charge in [0.05, 0.1) is 17.2 Å². The largest absolute Gasteiger partial charge is 0.396 e. The Balaban J connectivity index is 1.51. The molecule has 0 aliphatic carbocycles. The molecule has 1 aliphatic rings. The van der Waals surface area contributed by atoms with Gasteiger partial charge in [0.1, 0.15) is 11.6 Å². The lowest BCUT2D eigenvalue weighted by atomic mass is 9.99. The summed E-state index contributed by atoms with van der Waals surface area (Å²) in [5, 5.41) is 20.4. The van der Waals surface area contributed by atoms with Crippen LogP contribution in [0.2, 0.25) is 0 Å². The molecule has 0 saturated carbocycles. The third kappa shape index (κ3) is 5.86. The fourth-order valence-corrected chi connectivity index (χ4v) is 4.68. The third-order valence-corrected chi connectivity index (χ3v) is 6.53. The average Bonchev–Trinajstić information content (AvgIpc) is 3.19. The van der Waals surface area contributed by atoms with E-state index in [1.807, 2.05) is 49.3 Å². The highest BCUT2D eigenvalue weighted by Crippen LogP contribution is 2.30. The maximum atomic E-state index is 12.0. The van der Waals surface area contributed by atoms with Crippen LogP contribution in [0.25, 0.3) is 5.65 Å². The third-order valence-electron chi connectivity index (χ3n) is 5.97. The molecule has 0 bridgehead atoms. The van der Waals surface area contributed by atoms with Gasteiger partial charge in [0.25, 0.3) is 0 Å². The van der Waals surface area contributed by atoms with Crippen molar-refractivity contribution in [2.75, 3.05) is 49.3 Å². The van der Waals surface area contributed by atoms with Gasteiger partial charge in [-0.1, -0.05) is 12.1 Å². The van der Waals surface area contributed by atoms with Crippen LogP contribution in [0.4, 0.5) is 17.3 Å². The van der Waals surface area contributed by atoms with Gasteiger partial charge in [-0.05, 0) is 73.4 Å². The van der Waals surface area contributed by atoms with Crippen LogP contribution in [0.5, 0.6) is 0 Å². The zero-order valence-electron chi connectivity index (χ0n) is 19.7. The molecule has 3 N–H and O–H groups in total. The molecular weight excluding hydrogens is 498 g/mol. The monoisotopic (exact) mass is 529 g/mol. The van der Waals surface area contributed by atoms with E-state index in [1.54, 1.807) is 10.7 Å². The molecule has 0 unspecified atom stereocenters. The summed E-state index contributed by atoms with van der Waals surface area (Å²) in [6.45, 7) is 2.05. The lowest BCUT2D eigenvalue weighted by molar-refractivity contribution is -0.116. The molecule has 34 heavy (non-hydrogen) atoms. The summed E-state index contributed by atoms with van der Waals surface area (Å²) < 4.78 is 2.64. The number of aliphatic hydroxyl groups excluding tert-OH is 1. The highest BCUT2D eigenvalue weighted by molar-refractivity contribution is 9.10. The molecule has 1 fully saturated rings. The predicted molar refractivity (Wildman–Crippen MR) is 138 cm³/mol. The number of likely N-dealkylation sites (N-methyl/N-ethyl adjacent to an activating group) is 1. The molecule has 0 spiro atoms. The second-order valence-corrected chi connectivity index (χ2v) is 9.77. The number of halogens is 1. The second-order valence-electron chi connectivity index (χ2n) is 8.92. The van der Waals surface area contributed by atoms with E-state index in [0.717, 1.165) is 58.8 Å². The normalized spacial score (nSPS) is 16.3. The van der Waals surface area contributed by atoms with Gasteiger partial charge in [0.15, 0.2) is 5.65 Å². The number of amides is 1. The second kappa shape index (κ2) is 11.2. The molecule has 4 rings (SSSR count). The van der Waals surface area contributed by atoms with E-state index in [4.69, 9.17) is 4.98 Å². The van der Waals surface area contributed by atoms with Gasteiger partial charge in [-0.2, -0.15) is 9.61 Å². The van der Waals surface area contributed by atoms with Crippen LogP contribution in [0.3, 0.4) is 0 Å². The van der Waals surface area contributed by atoms with Crippen molar-refractivity contribution in [1.29, 1.82) is 0 Å². The maximum Gasteiger partial charge on any atom is 0.238 e. The van der Waals surface area contributed by atoms with Gasteiger partial charge in [0.2, 0.25) is 5.91 Å². The molecule has 1 aliphatic heterocycles. The summed E-state index contributed by atoms with van der Waals surface area (Å²) in [5.74, 6) is 1.71. The number of hydrogen-bond acceptors (Lipinski definition) is 7. The summed E-state index contributed by atoms with van der Waals surface area (Å²) in [7, 11) is 3.73. The molecule has 3 aromatic rings. The number of piperidine rings is 1. The van der Waals surface area contributed by atoms with Crippen molar-refractivity contribution in [2.45, 2.75) is 38.3 Å². The number of aliphatic hydroxyl groups is 1. The topological polar surface area (TPSA) is 98.0 Å². The molecule has 1 saturated heterocycles. The Morgan fingerprint density at radius 3 is 2.79 bits per heavy atom. The summed E-state index contributed by atoms with van der Waals surface area (Å²) in [4.78, 5) is 21.0. The fraction of sp³-hybridized carbons (Fsp3) is 0.458. The van der Waals surface area contributed by atoms with Crippen molar-refractivity contribution in [2.24, 2.45) is 0 Å². The predicted octanol–water partition coefficient (Wildman–Crippen LogP) is 3.35.